The highest BCUT2D eigenvalue weighted by Crippen LogP contribution is 2.29. The summed E-state index contributed by atoms with van der Waals surface area (Å²) in [4.78, 5) is 4.10. The maximum atomic E-state index is 8.62. The molecular weight excluding hydrogens is 196 g/mol. The first-order chi connectivity index (χ1) is 6.81. The fourth-order valence-corrected chi connectivity index (χ4v) is 1.78. The molecule has 0 aliphatic carbocycles. The number of aromatic nitrogens is 1. The zero-order valence-electron chi connectivity index (χ0n) is 8.23. The van der Waals surface area contributed by atoms with Gasteiger partial charge in [0.25, 0.3) is 0 Å². The first-order valence-electron chi connectivity index (χ1n) is 4.21. The molecule has 3 nitrogen and oxygen atoms in total. The van der Waals surface area contributed by atoms with Gasteiger partial charge >= 0.3 is 0 Å². The molecule has 0 spiro atoms. The number of pyridine rings is 1. The van der Waals surface area contributed by atoms with Crippen molar-refractivity contribution in [1.82, 2.24) is 4.98 Å². The smallest absolute Gasteiger partial charge is 0.212 e. The number of methoxy groups -OCH3 is 1. The van der Waals surface area contributed by atoms with Crippen LogP contribution < -0.4 is 4.74 Å². The van der Waals surface area contributed by atoms with Crippen LogP contribution in [0.25, 0.3) is 0 Å². The topological polar surface area (TPSA) is 45.9 Å². The van der Waals surface area contributed by atoms with Gasteiger partial charge in [0.05, 0.1) is 19.6 Å². The molecule has 0 amide bonds. The Morgan fingerprint density at radius 1 is 1.64 bits per heavy atom. The number of nitriles is 1. The molecule has 1 aromatic heterocycles. The number of ether oxygens (including phenoxy) is 1. The second-order valence-electron chi connectivity index (χ2n) is 2.72. The van der Waals surface area contributed by atoms with Crippen molar-refractivity contribution in [1.29, 1.82) is 5.26 Å². The second-order valence-corrected chi connectivity index (χ2v) is 3.76. The lowest BCUT2D eigenvalue weighted by Gasteiger charge is -2.10. The van der Waals surface area contributed by atoms with Crippen LogP contribution in [0.1, 0.15) is 17.2 Å². The minimum atomic E-state index is 0.207. The molecule has 0 bridgehead atoms. The average Bonchev–Trinajstić information content (AvgIpc) is 2.26. The predicted octanol–water partition coefficient (Wildman–Crippen LogP) is 2.41. The molecule has 1 heterocycles. The molecule has 0 fully saturated rings. The molecule has 0 N–H and O–H groups in total. The number of thioether (sulfide) groups is 1. The normalized spacial score (nSPS) is 11.8. The van der Waals surface area contributed by atoms with E-state index in [0.717, 1.165) is 5.56 Å². The minimum absolute atomic E-state index is 0.207. The van der Waals surface area contributed by atoms with Crippen LogP contribution in [-0.4, -0.2) is 18.3 Å². The molecule has 74 valence electrons. The molecule has 1 unspecified atom stereocenters. The lowest BCUT2D eigenvalue weighted by atomic mass is 10.1. The van der Waals surface area contributed by atoms with Crippen LogP contribution in [0.5, 0.6) is 5.88 Å². The SMILES string of the molecule is COc1ccc(C(CC#N)SC)cn1. The fourth-order valence-electron chi connectivity index (χ4n) is 1.12. The molecule has 0 aliphatic rings. The van der Waals surface area contributed by atoms with Gasteiger partial charge in [-0.15, -0.1) is 0 Å². The zero-order chi connectivity index (χ0) is 10.4. The number of nitrogens with zero attached hydrogens (tertiary/aromatic N) is 2. The van der Waals surface area contributed by atoms with Crippen molar-refractivity contribution in [3.63, 3.8) is 0 Å². The number of rotatable bonds is 4. The van der Waals surface area contributed by atoms with Gasteiger partial charge in [0.1, 0.15) is 0 Å². The molecule has 0 saturated heterocycles. The zero-order valence-corrected chi connectivity index (χ0v) is 9.04. The molecule has 0 radical (unpaired) electrons. The van der Waals surface area contributed by atoms with E-state index in [1.807, 2.05) is 18.4 Å². The summed E-state index contributed by atoms with van der Waals surface area (Å²) < 4.78 is 4.96. The van der Waals surface area contributed by atoms with Crippen molar-refractivity contribution in [3.05, 3.63) is 23.9 Å². The predicted molar refractivity (Wildman–Crippen MR) is 57.3 cm³/mol. The summed E-state index contributed by atoms with van der Waals surface area (Å²) in [5.74, 6) is 0.602. The van der Waals surface area contributed by atoms with Gasteiger partial charge in [-0.3, -0.25) is 0 Å². The van der Waals surface area contributed by atoms with Crippen LogP contribution in [-0.2, 0) is 0 Å². The summed E-state index contributed by atoms with van der Waals surface area (Å²) >= 11 is 1.66. The Hall–Kier alpha value is -1.21. The van der Waals surface area contributed by atoms with E-state index >= 15 is 0 Å². The Kier molecular flexibility index (Phi) is 4.27. The van der Waals surface area contributed by atoms with Crippen LogP contribution in [0.4, 0.5) is 0 Å². The summed E-state index contributed by atoms with van der Waals surface area (Å²) in [5, 5.41) is 8.83. The highest BCUT2D eigenvalue weighted by atomic mass is 32.2. The van der Waals surface area contributed by atoms with Gasteiger partial charge in [-0.05, 0) is 11.8 Å². The summed E-state index contributed by atoms with van der Waals surface area (Å²) in [5.41, 5.74) is 1.07. The van der Waals surface area contributed by atoms with Gasteiger partial charge < -0.3 is 4.74 Å². The van der Waals surface area contributed by atoms with Gasteiger partial charge in [0, 0.05) is 17.5 Å². The van der Waals surface area contributed by atoms with Crippen LogP contribution in [0.3, 0.4) is 0 Å². The van der Waals surface area contributed by atoms with Crippen molar-refractivity contribution >= 4 is 11.8 Å². The van der Waals surface area contributed by atoms with Crippen molar-refractivity contribution in [2.45, 2.75) is 11.7 Å². The largest absolute Gasteiger partial charge is 0.481 e. The Morgan fingerprint density at radius 3 is 2.86 bits per heavy atom. The summed E-state index contributed by atoms with van der Waals surface area (Å²) in [6.07, 6.45) is 4.26. The quantitative estimate of drug-likeness (QED) is 0.762. The van der Waals surface area contributed by atoms with Crippen LogP contribution in [0.2, 0.25) is 0 Å². The molecule has 4 heteroatoms. The summed E-state index contributed by atoms with van der Waals surface area (Å²) in [6, 6.07) is 5.93. The van der Waals surface area contributed by atoms with Crippen LogP contribution in [0, 0.1) is 11.3 Å². The first kappa shape index (κ1) is 10.9. The van der Waals surface area contributed by atoms with E-state index < -0.39 is 0 Å². The average molecular weight is 208 g/mol. The van der Waals surface area contributed by atoms with Crippen molar-refractivity contribution in [2.24, 2.45) is 0 Å². The molecule has 0 aromatic carbocycles. The van der Waals surface area contributed by atoms with Gasteiger partial charge in [-0.1, -0.05) is 6.07 Å². The Bertz CT molecular complexity index is 318. The lowest BCUT2D eigenvalue weighted by molar-refractivity contribution is 0.397. The highest BCUT2D eigenvalue weighted by Gasteiger charge is 2.09. The van der Waals surface area contributed by atoms with E-state index in [1.54, 1.807) is 25.1 Å². The molecule has 14 heavy (non-hydrogen) atoms. The molecule has 1 aromatic rings. The van der Waals surface area contributed by atoms with E-state index in [9.17, 15) is 0 Å². The van der Waals surface area contributed by atoms with E-state index in [1.165, 1.54) is 0 Å². The second kappa shape index (κ2) is 5.51. The summed E-state index contributed by atoms with van der Waals surface area (Å²) in [7, 11) is 1.59. The Balaban J connectivity index is 2.79. The molecule has 1 atom stereocenters. The molecule has 0 aliphatic heterocycles. The third-order valence-electron chi connectivity index (χ3n) is 1.90. The van der Waals surface area contributed by atoms with Gasteiger partial charge in [-0.25, -0.2) is 4.98 Å². The molecule has 1 rings (SSSR count). The number of hydrogen-bond donors (Lipinski definition) is 0. The van der Waals surface area contributed by atoms with Gasteiger partial charge in [-0.2, -0.15) is 17.0 Å². The summed E-state index contributed by atoms with van der Waals surface area (Å²) in [6.45, 7) is 0. The lowest BCUT2D eigenvalue weighted by Crippen LogP contribution is -1.94. The maximum Gasteiger partial charge on any atom is 0.212 e. The van der Waals surface area contributed by atoms with Gasteiger partial charge in [0.2, 0.25) is 5.88 Å². The monoisotopic (exact) mass is 208 g/mol. The van der Waals surface area contributed by atoms with Gasteiger partial charge in [0.15, 0.2) is 0 Å². The van der Waals surface area contributed by atoms with Crippen LogP contribution in [0.15, 0.2) is 18.3 Å². The third-order valence-corrected chi connectivity index (χ3v) is 2.91. The molecular formula is C10H12N2OS. The van der Waals surface area contributed by atoms with Crippen molar-refractivity contribution in [3.8, 4) is 11.9 Å². The van der Waals surface area contributed by atoms with E-state index in [-0.39, 0.29) is 5.25 Å². The van der Waals surface area contributed by atoms with E-state index in [2.05, 4.69) is 11.1 Å². The highest BCUT2D eigenvalue weighted by molar-refractivity contribution is 7.98. The minimum Gasteiger partial charge on any atom is -0.481 e. The Labute approximate surface area is 88.1 Å². The van der Waals surface area contributed by atoms with E-state index in [0.29, 0.717) is 12.3 Å². The van der Waals surface area contributed by atoms with E-state index in [4.69, 9.17) is 10.00 Å². The first-order valence-corrected chi connectivity index (χ1v) is 5.50. The third kappa shape index (κ3) is 2.64. The van der Waals surface area contributed by atoms with Crippen molar-refractivity contribution in [2.75, 3.05) is 13.4 Å². The fraction of sp³-hybridized carbons (Fsp3) is 0.400. The Morgan fingerprint density at radius 2 is 2.43 bits per heavy atom. The molecule has 0 saturated carbocycles. The van der Waals surface area contributed by atoms with Crippen LogP contribution >= 0.6 is 11.8 Å². The number of hydrogen-bond acceptors (Lipinski definition) is 4. The maximum absolute atomic E-state index is 8.62. The standard InChI is InChI=1S/C10H12N2OS/c1-13-10-4-3-8(7-12-10)9(14-2)5-6-11/h3-4,7,9H,5H2,1-2H3. The van der Waals surface area contributed by atoms with Crippen molar-refractivity contribution < 1.29 is 4.74 Å².